The number of halogens is 4. The maximum atomic E-state index is 13.6. The number of carbonyl (C=O) groups is 1. The second-order valence-electron chi connectivity index (χ2n) is 9.81. The molecule has 0 spiro atoms. The third kappa shape index (κ3) is 6.27. The van der Waals surface area contributed by atoms with E-state index in [1.807, 2.05) is 20.8 Å². The van der Waals surface area contributed by atoms with E-state index < -0.39 is 24.1 Å². The molecular formula is C25H31ClF3N5O3. The van der Waals surface area contributed by atoms with E-state index in [9.17, 15) is 23.1 Å². The molecule has 12 heteroatoms. The van der Waals surface area contributed by atoms with E-state index in [4.69, 9.17) is 11.6 Å². The van der Waals surface area contributed by atoms with Gasteiger partial charge in [-0.2, -0.15) is 0 Å². The summed E-state index contributed by atoms with van der Waals surface area (Å²) in [5, 5.41) is 13.3. The highest BCUT2D eigenvalue weighted by Crippen LogP contribution is 2.43. The number of aliphatic hydroxyl groups excluding tert-OH is 1. The van der Waals surface area contributed by atoms with Crippen molar-refractivity contribution < 1.29 is 27.8 Å². The van der Waals surface area contributed by atoms with Crippen LogP contribution in [0.5, 0.6) is 5.75 Å². The molecule has 1 aliphatic heterocycles. The fourth-order valence-electron chi connectivity index (χ4n) is 4.95. The summed E-state index contributed by atoms with van der Waals surface area (Å²) in [6, 6.07) is 4.13. The number of fused-ring (bicyclic) bond motifs is 1. The Kier molecular flexibility index (Phi) is 8.15. The van der Waals surface area contributed by atoms with Crippen LogP contribution in [0.3, 0.4) is 0 Å². The van der Waals surface area contributed by atoms with Gasteiger partial charge in [0.15, 0.2) is 0 Å². The van der Waals surface area contributed by atoms with Crippen molar-refractivity contribution in [1.82, 2.24) is 20.2 Å². The first-order valence-electron chi connectivity index (χ1n) is 12.3. The normalized spacial score (nSPS) is 20.8. The van der Waals surface area contributed by atoms with Gasteiger partial charge in [0.1, 0.15) is 17.9 Å². The van der Waals surface area contributed by atoms with Crippen LogP contribution in [0, 0.1) is 0 Å². The SMILES string of the molecule is CC(C)NC[C@@H](C(=O)N1CCN(c2ncnc3c2[C@H](C)C[C@H]3O)CC1)c1ccc(Cl)c(OC(F)(F)F)c1. The van der Waals surface area contributed by atoms with Gasteiger partial charge in [-0.15, -0.1) is 13.2 Å². The van der Waals surface area contributed by atoms with E-state index in [0.29, 0.717) is 43.9 Å². The van der Waals surface area contributed by atoms with Crippen LogP contribution in [0.25, 0.3) is 0 Å². The fourth-order valence-corrected chi connectivity index (χ4v) is 5.11. The minimum atomic E-state index is -4.90. The van der Waals surface area contributed by atoms with Crippen molar-refractivity contribution in [3.05, 3.63) is 46.4 Å². The Hall–Kier alpha value is -2.63. The monoisotopic (exact) mass is 541 g/mol. The van der Waals surface area contributed by atoms with Crippen LogP contribution in [0.2, 0.25) is 5.02 Å². The van der Waals surface area contributed by atoms with Gasteiger partial charge in [0.2, 0.25) is 5.91 Å². The van der Waals surface area contributed by atoms with Crippen molar-refractivity contribution in [3.63, 3.8) is 0 Å². The molecule has 37 heavy (non-hydrogen) atoms. The zero-order valence-electron chi connectivity index (χ0n) is 20.9. The molecule has 2 heterocycles. The van der Waals surface area contributed by atoms with Gasteiger partial charge >= 0.3 is 6.36 Å². The molecule has 0 unspecified atom stereocenters. The highest BCUT2D eigenvalue weighted by Gasteiger charge is 2.36. The number of hydrogen-bond acceptors (Lipinski definition) is 7. The van der Waals surface area contributed by atoms with Gasteiger partial charge in [-0.25, -0.2) is 9.97 Å². The molecular weight excluding hydrogens is 511 g/mol. The summed E-state index contributed by atoms with van der Waals surface area (Å²) >= 11 is 5.93. The molecule has 1 amide bonds. The summed E-state index contributed by atoms with van der Waals surface area (Å²) in [4.78, 5) is 26.2. The van der Waals surface area contributed by atoms with Gasteiger partial charge in [-0.3, -0.25) is 4.79 Å². The van der Waals surface area contributed by atoms with E-state index in [0.717, 1.165) is 11.4 Å². The molecule has 0 saturated carbocycles. The van der Waals surface area contributed by atoms with Crippen LogP contribution in [0.15, 0.2) is 24.5 Å². The van der Waals surface area contributed by atoms with Crippen molar-refractivity contribution >= 4 is 23.3 Å². The number of alkyl halides is 3. The number of piperazine rings is 1. The molecule has 2 aliphatic rings. The Morgan fingerprint density at radius 2 is 1.95 bits per heavy atom. The molecule has 8 nitrogen and oxygen atoms in total. The predicted molar refractivity (Wildman–Crippen MR) is 133 cm³/mol. The van der Waals surface area contributed by atoms with Crippen LogP contribution in [-0.4, -0.2) is 71.0 Å². The van der Waals surface area contributed by atoms with Crippen molar-refractivity contribution in [3.8, 4) is 5.75 Å². The third-order valence-electron chi connectivity index (χ3n) is 6.78. The average molecular weight is 542 g/mol. The van der Waals surface area contributed by atoms with E-state index >= 15 is 0 Å². The number of nitrogens with zero attached hydrogens (tertiary/aromatic N) is 4. The fraction of sp³-hybridized carbons (Fsp3) is 0.560. The zero-order valence-corrected chi connectivity index (χ0v) is 21.7. The first-order valence-corrected chi connectivity index (χ1v) is 12.7. The lowest BCUT2D eigenvalue weighted by atomic mass is 9.96. The van der Waals surface area contributed by atoms with Crippen molar-refractivity contribution in [2.24, 2.45) is 0 Å². The lowest BCUT2D eigenvalue weighted by Gasteiger charge is -2.38. The lowest BCUT2D eigenvalue weighted by molar-refractivity contribution is -0.274. The smallest absolute Gasteiger partial charge is 0.404 e. The quantitative estimate of drug-likeness (QED) is 0.547. The van der Waals surface area contributed by atoms with Crippen molar-refractivity contribution in [1.29, 1.82) is 0 Å². The van der Waals surface area contributed by atoms with Gasteiger partial charge in [0, 0.05) is 44.3 Å². The number of aromatic nitrogens is 2. The van der Waals surface area contributed by atoms with Crippen LogP contribution in [0.1, 0.15) is 62.0 Å². The highest BCUT2D eigenvalue weighted by molar-refractivity contribution is 6.32. The molecule has 0 bridgehead atoms. The van der Waals surface area contributed by atoms with E-state index in [-0.39, 0.29) is 29.4 Å². The number of anilines is 1. The van der Waals surface area contributed by atoms with E-state index in [2.05, 4.69) is 24.9 Å². The molecule has 2 aromatic rings. The second kappa shape index (κ2) is 11.0. The van der Waals surface area contributed by atoms with Crippen LogP contribution in [-0.2, 0) is 4.79 Å². The van der Waals surface area contributed by atoms with Gasteiger partial charge in [0.25, 0.3) is 0 Å². The highest BCUT2D eigenvalue weighted by atomic mass is 35.5. The third-order valence-corrected chi connectivity index (χ3v) is 7.09. The second-order valence-corrected chi connectivity index (χ2v) is 10.2. The molecule has 0 radical (unpaired) electrons. The number of amides is 1. The van der Waals surface area contributed by atoms with Crippen LogP contribution >= 0.6 is 11.6 Å². The standard InChI is InChI=1S/C25H31ClF3N5O3/c1-14(2)30-12-17(16-4-5-18(26)20(11-16)37-25(27,28)29)24(36)34-8-6-33(7-9-34)23-21-15(3)10-19(35)22(21)31-13-32-23/h4-5,11,13-15,17,19,30,35H,6-10,12H2,1-3H3/t15-,17-,19-/m1/s1. The summed E-state index contributed by atoms with van der Waals surface area (Å²) in [6.45, 7) is 8.06. The maximum absolute atomic E-state index is 13.6. The first-order chi connectivity index (χ1) is 17.4. The number of carbonyl (C=O) groups excluding carboxylic acids is 1. The summed E-state index contributed by atoms with van der Waals surface area (Å²) < 4.78 is 42.7. The molecule has 4 rings (SSSR count). The number of hydrogen-bond donors (Lipinski definition) is 2. The molecule has 202 valence electrons. The lowest BCUT2D eigenvalue weighted by Crippen LogP contribution is -2.51. The first kappa shape index (κ1) is 27.4. The van der Waals surface area contributed by atoms with Gasteiger partial charge in [-0.05, 0) is 30.0 Å². The Morgan fingerprint density at radius 1 is 1.24 bits per heavy atom. The number of nitrogens with one attached hydrogen (secondary N) is 1. The van der Waals surface area contributed by atoms with Crippen LogP contribution < -0.4 is 15.0 Å². The Morgan fingerprint density at radius 3 is 2.59 bits per heavy atom. The number of benzene rings is 1. The molecule has 1 saturated heterocycles. The number of ether oxygens (including phenoxy) is 1. The summed E-state index contributed by atoms with van der Waals surface area (Å²) in [5.41, 5.74) is 2.00. The predicted octanol–water partition coefficient (Wildman–Crippen LogP) is 4.00. The molecule has 1 aliphatic carbocycles. The topological polar surface area (TPSA) is 90.8 Å². The molecule has 2 N–H and O–H groups in total. The molecule has 1 aromatic carbocycles. The minimum absolute atomic E-state index is 0.0718. The Bertz CT molecular complexity index is 1130. The van der Waals surface area contributed by atoms with Gasteiger partial charge in [-0.1, -0.05) is 38.4 Å². The van der Waals surface area contributed by atoms with Gasteiger partial charge in [0.05, 0.1) is 22.7 Å². The van der Waals surface area contributed by atoms with Crippen molar-refractivity contribution in [2.75, 3.05) is 37.6 Å². The number of rotatable bonds is 7. The maximum Gasteiger partial charge on any atom is 0.573 e. The molecule has 1 fully saturated rings. The minimum Gasteiger partial charge on any atom is -0.404 e. The summed E-state index contributed by atoms with van der Waals surface area (Å²) in [5.74, 6) is -0.533. The Balaban J connectivity index is 1.51. The largest absolute Gasteiger partial charge is 0.573 e. The molecule has 1 aromatic heterocycles. The molecule has 3 atom stereocenters. The average Bonchev–Trinajstić information content (AvgIpc) is 3.13. The van der Waals surface area contributed by atoms with E-state index in [1.165, 1.54) is 18.5 Å². The Labute approximate surface area is 218 Å². The van der Waals surface area contributed by atoms with E-state index in [1.54, 1.807) is 11.0 Å². The summed E-state index contributed by atoms with van der Waals surface area (Å²) in [6.07, 6.45) is -3.44. The van der Waals surface area contributed by atoms with Crippen molar-refractivity contribution in [2.45, 2.75) is 57.5 Å². The van der Waals surface area contributed by atoms with Crippen LogP contribution in [0.4, 0.5) is 19.0 Å². The number of aliphatic hydroxyl groups is 1. The zero-order chi connectivity index (χ0) is 26.9. The summed E-state index contributed by atoms with van der Waals surface area (Å²) in [7, 11) is 0. The van der Waals surface area contributed by atoms with Gasteiger partial charge < -0.3 is 25.0 Å².